The van der Waals surface area contributed by atoms with E-state index in [1.165, 1.54) is 0 Å². The molecular weight excluding hydrogens is 180 g/mol. The lowest BCUT2D eigenvalue weighted by Gasteiger charge is -2.30. The molecule has 0 amide bonds. The summed E-state index contributed by atoms with van der Waals surface area (Å²) in [6, 6.07) is 0. The van der Waals surface area contributed by atoms with Crippen molar-refractivity contribution in [2.75, 3.05) is 0 Å². The van der Waals surface area contributed by atoms with Crippen molar-refractivity contribution in [3.63, 3.8) is 0 Å². The molecule has 0 aliphatic carbocycles. The van der Waals surface area contributed by atoms with E-state index in [-0.39, 0.29) is 0 Å². The minimum absolute atomic E-state index is 0.495. The zero-order chi connectivity index (χ0) is 11.4. The molecule has 0 radical (unpaired) electrons. The predicted octanol–water partition coefficient (Wildman–Crippen LogP) is 3.31. The Kier molecular flexibility index (Phi) is 4.28. The van der Waals surface area contributed by atoms with Gasteiger partial charge in [0.25, 0.3) is 0 Å². The Bertz CT molecular complexity index is 212. The van der Waals surface area contributed by atoms with Crippen LogP contribution in [-0.2, 0) is 14.2 Å². The summed E-state index contributed by atoms with van der Waals surface area (Å²) < 4.78 is 15.9. The van der Waals surface area contributed by atoms with E-state index in [4.69, 9.17) is 14.2 Å². The van der Waals surface area contributed by atoms with Crippen molar-refractivity contribution in [3.05, 3.63) is 37.0 Å². The van der Waals surface area contributed by atoms with Crippen LogP contribution in [0.4, 0.5) is 0 Å². The molecule has 0 N–H and O–H groups in total. The zero-order valence-corrected chi connectivity index (χ0v) is 9.35. The molecule has 0 aromatic heterocycles. The van der Waals surface area contributed by atoms with Gasteiger partial charge in [-0.3, -0.25) is 0 Å². The summed E-state index contributed by atoms with van der Waals surface area (Å²) in [7, 11) is 0. The first kappa shape index (κ1) is 12.6. The van der Waals surface area contributed by atoms with E-state index in [0.29, 0.717) is 17.3 Å². The van der Waals surface area contributed by atoms with Crippen LogP contribution in [0.5, 0.6) is 0 Å². The van der Waals surface area contributed by atoms with Gasteiger partial charge < -0.3 is 14.2 Å². The molecule has 0 saturated carbocycles. The minimum Gasteiger partial charge on any atom is -0.426 e. The molecule has 0 aliphatic heterocycles. The third-order valence-electron chi connectivity index (χ3n) is 1.08. The van der Waals surface area contributed by atoms with E-state index in [9.17, 15) is 0 Å². The SMILES string of the molecule is C=C(C)OC(C)(OC(=C)C)OC(=C)C. The normalized spacial score (nSPS) is 10.3. The Labute approximate surface area is 85.7 Å². The van der Waals surface area contributed by atoms with Crippen molar-refractivity contribution >= 4 is 0 Å². The zero-order valence-electron chi connectivity index (χ0n) is 9.35. The molecule has 0 bridgehead atoms. The smallest absolute Gasteiger partial charge is 0.413 e. The van der Waals surface area contributed by atoms with Gasteiger partial charge in [-0.25, -0.2) is 0 Å². The second-order valence-electron chi connectivity index (χ2n) is 3.27. The molecule has 80 valence electrons. The second kappa shape index (κ2) is 4.74. The second-order valence-corrected chi connectivity index (χ2v) is 3.27. The number of hydrogen-bond acceptors (Lipinski definition) is 3. The van der Waals surface area contributed by atoms with Gasteiger partial charge in [-0.05, 0) is 20.8 Å². The molecule has 0 fully saturated rings. The minimum atomic E-state index is -1.23. The first-order valence-electron chi connectivity index (χ1n) is 4.29. The Morgan fingerprint density at radius 2 is 1.00 bits per heavy atom. The third-order valence-corrected chi connectivity index (χ3v) is 1.08. The summed E-state index contributed by atoms with van der Waals surface area (Å²) in [4.78, 5) is 0. The maximum absolute atomic E-state index is 5.30. The fourth-order valence-corrected chi connectivity index (χ4v) is 1.01. The summed E-state index contributed by atoms with van der Waals surface area (Å²) in [5.74, 6) is 0.253. The van der Waals surface area contributed by atoms with Crippen LogP contribution in [0.1, 0.15) is 27.7 Å². The highest BCUT2D eigenvalue weighted by molar-refractivity contribution is 4.84. The fraction of sp³-hybridized carbons (Fsp3) is 0.455. The Balaban J connectivity index is 4.56. The Hall–Kier alpha value is -1.38. The van der Waals surface area contributed by atoms with Crippen LogP contribution in [0.25, 0.3) is 0 Å². The number of hydrogen-bond donors (Lipinski definition) is 0. The van der Waals surface area contributed by atoms with Gasteiger partial charge in [-0.2, -0.15) is 0 Å². The first-order chi connectivity index (χ1) is 6.25. The number of rotatable bonds is 6. The molecule has 0 unspecified atom stereocenters. The summed E-state index contributed by atoms with van der Waals surface area (Å²) in [5.41, 5.74) is 0. The van der Waals surface area contributed by atoms with Gasteiger partial charge in [0.05, 0.1) is 24.2 Å². The van der Waals surface area contributed by atoms with Crippen LogP contribution >= 0.6 is 0 Å². The van der Waals surface area contributed by atoms with Crippen molar-refractivity contribution < 1.29 is 14.2 Å². The summed E-state index contributed by atoms with van der Waals surface area (Å²) in [5, 5.41) is 0. The summed E-state index contributed by atoms with van der Waals surface area (Å²) >= 11 is 0. The van der Waals surface area contributed by atoms with Crippen molar-refractivity contribution in [3.8, 4) is 0 Å². The van der Waals surface area contributed by atoms with E-state index in [2.05, 4.69) is 19.7 Å². The molecule has 14 heavy (non-hydrogen) atoms. The molecule has 0 aromatic carbocycles. The molecule has 0 heterocycles. The van der Waals surface area contributed by atoms with E-state index in [1.54, 1.807) is 27.7 Å². The molecule has 0 atom stereocenters. The Morgan fingerprint density at radius 3 is 1.14 bits per heavy atom. The largest absolute Gasteiger partial charge is 0.426 e. The van der Waals surface area contributed by atoms with Gasteiger partial charge >= 0.3 is 5.97 Å². The van der Waals surface area contributed by atoms with Crippen LogP contribution in [0.3, 0.4) is 0 Å². The van der Waals surface area contributed by atoms with Crippen LogP contribution in [0.15, 0.2) is 37.0 Å². The van der Waals surface area contributed by atoms with Crippen molar-refractivity contribution in [1.29, 1.82) is 0 Å². The monoisotopic (exact) mass is 198 g/mol. The van der Waals surface area contributed by atoms with Gasteiger partial charge in [0.15, 0.2) is 0 Å². The van der Waals surface area contributed by atoms with Crippen molar-refractivity contribution in [1.82, 2.24) is 0 Å². The maximum atomic E-state index is 5.30. The van der Waals surface area contributed by atoms with Gasteiger partial charge in [0, 0.05) is 0 Å². The maximum Gasteiger partial charge on any atom is 0.413 e. The highest BCUT2D eigenvalue weighted by Gasteiger charge is 2.30. The van der Waals surface area contributed by atoms with E-state index < -0.39 is 5.97 Å². The van der Waals surface area contributed by atoms with Crippen LogP contribution in [0.2, 0.25) is 0 Å². The van der Waals surface area contributed by atoms with Gasteiger partial charge in [0.1, 0.15) is 0 Å². The molecule has 0 aromatic rings. The molecule has 0 aliphatic rings. The third kappa shape index (κ3) is 5.30. The lowest BCUT2D eigenvalue weighted by atomic mass is 10.5. The van der Waals surface area contributed by atoms with Gasteiger partial charge in [-0.1, -0.05) is 19.7 Å². The highest BCUT2D eigenvalue weighted by Crippen LogP contribution is 2.23. The van der Waals surface area contributed by atoms with E-state index >= 15 is 0 Å². The lowest BCUT2D eigenvalue weighted by Crippen LogP contribution is -2.33. The van der Waals surface area contributed by atoms with Crippen LogP contribution < -0.4 is 0 Å². The average Bonchev–Trinajstić information content (AvgIpc) is 1.76. The highest BCUT2D eigenvalue weighted by atomic mass is 16.9. The van der Waals surface area contributed by atoms with E-state index in [1.807, 2.05) is 0 Å². The molecule has 0 rings (SSSR count). The molecule has 3 heteroatoms. The van der Waals surface area contributed by atoms with Gasteiger partial charge in [-0.15, -0.1) is 0 Å². The lowest BCUT2D eigenvalue weighted by molar-refractivity contribution is -0.322. The standard InChI is InChI=1S/C11H18O3/c1-8(2)12-11(7,13-9(3)4)14-10(5)6/h1,3,5H2,2,4,6-7H3. The van der Waals surface area contributed by atoms with Crippen LogP contribution in [0, 0.1) is 0 Å². The average molecular weight is 198 g/mol. The fourth-order valence-electron chi connectivity index (χ4n) is 1.01. The van der Waals surface area contributed by atoms with Crippen LogP contribution in [-0.4, -0.2) is 5.97 Å². The van der Waals surface area contributed by atoms with Crippen molar-refractivity contribution in [2.24, 2.45) is 0 Å². The first-order valence-corrected chi connectivity index (χ1v) is 4.29. The summed E-state index contributed by atoms with van der Waals surface area (Å²) in [6.07, 6.45) is 0. The van der Waals surface area contributed by atoms with E-state index in [0.717, 1.165) is 0 Å². The quantitative estimate of drug-likeness (QED) is 0.484. The molecular formula is C11H18O3. The van der Waals surface area contributed by atoms with Gasteiger partial charge in [0.2, 0.25) is 0 Å². The molecule has 3 nitrogen and oxygen atoms in total. The number of ether oxygens (including phenoxy) is 3. The Morgan fingerprint density at radius 1 is 0.786 bits per heavy atom. The predicted molar refractivity (Wildman–Crippen MR) is 56.1 cm³/mol. The van der Waals surface area contributed by atoms with Crippen molar-refractivity contribution in [2.45, 2.75) is 33.7 Å². The molecule has 0 saturated heterocycles. The molecule has 0 spiro atoms. The number of allylic oxidation sites excluding steroid dienone is 3. The topological polar surface area (TPSA) is 27.7 Å². The summed E-state index contributed by atoms with van der Waals surface area (Å²) in [6.45, 7) is 17.6.